The topological polar surface area (TPSA) is 51.2 Å². The first-order valence-electron chi connectivity index (χ1n) is 3.76. The van der Waals surface area contributed by atoms with Crippen LogP contribution in [0.5, 0.6) is 0 Å². The summed E-state index contributed by atoms with van der Waals surface area (Å²) in [5.74, 6) is 5.57. The SMILES string of the molecule is O=CC#CCC1CCS(=O)(=O)C1. The van der Waals surface area contributed by atoms with Crippen molar-refractivity contribution in [3.8, 4) is 11.8 Å². The lowest BCUT2D eigenvalue weighted by molar-refractivity contribution is -0.103. The third-order valence-electron chi connectivity index (χ3n) is 1.88. The number of carbonyl (C=O) groups is 1. The molecule has 1 rings (SSSR count). The van der Waals surface area contributed by atoms with Gasteiger partial charge in [0, 0.05) is 6.42 Å². The molecule has 0 spiro atoms. The van der Waals surface area contributed by atoms with Crippen LogP contribution in [-0.2, 0) is 14.6 Å². The Balaban J connectivity index is 2.43. The van der Waals surface area contributed by atoms with E-state index in [4.69, 9.17) is 0 Å². The molecule has 0 bridgehead atoms. The zero-order valence-electron chi connectivity index (χ0n) is 6.62. The second-order valence-corrected chi connectivity index (χ2v) is 5.14. The molecule has 0 aliphatic carbocycles. The lowest BCUT2D eigenvalue weighted by Gasteiger charge is -1.98. The zero-order chi connectivity index (χ0) is 9.03. The fourth-order valence-electron chi connectivity index (χ4n) is 1.28. The molecule has 0 aromatic rings. The molecule has 3 nitrogen and oxygen atoms in total. The van der Waals surface area contributed by atoms with Gasteiger partial charge in [0.15, 0.2) is 16.1 Å². The maximum absolute atomic E-state index is 11.0. The van der Waals surface area contributed by atoms with E-state index in [1.54, 1.807) is 0 Å². The van der Waals surface area contributed by atoms with Gasteiger partial charge < -0.3 is 0 Å². The van der Waals surface area contributed by atoms with Gasteiger partial charge in [-0.3, -0.25) is 4.79 Å². The maximum Gasteiger partial charge on any atom is 0.192 e. The Kier molecular flexibility index (Phi) is 2.88. The molecule has 4 heteroatoms. The third kappa shape index (κ3) is 2.67. The monoisotopic (exact) mass is 186 g/mol. The molecule has 0 amide bonds. The van der Waals surface area contributed by atoms with Crippen LogP contribution in [0.3, 0.4) is 0 Å². The van der Waals surface area contributed by atoms with Crippen molar-refractivity contribution in [1.82, 2.24) is 0 Å². The lowest BCUT2D eigenvalue weighted by Crippen LogP contribution is -2.03. The van der Waals surface area contributed by atoms with E-state index in [-0.39, 0.29) is 17.4 Å². The summed E-state index contributed by atoms with van der Waals surface area (Å²) >= 11 is 0. The summed E-state index contributed by atoms with van der Waals surface area (Å²) in [6, 6.07) is 0. The van der Waals surface area contributed by atoms with Crippen molar-refractivity contribution in [2.24, 2.45) is 5.92 Å². The van der Waals surface area contributed by atoms with Gasteiger partial charge >= 0.3 is 0 Å². The van der Waals surface area contributed by atoms with Gasteiger partial charge in [0.1, 0.15) is 0 Å². The lowest BCUT2D eigenvalue weighted by atomic mass is 10.1. The van der Waals surface area contributed by atoms with Crippen molar-refractivity contribution in [2.45, 2.75) is 12.8 Å². The minimum atomic E-state index is -2.79. The molecule has 1 heterocycles. The van der Waals surface area contributed by atoms with Gasteiger partial charge in [0.2, 0.25) is 0 Å². The van der Waals surface area contributed by atoms with Gasteiger partial charge in [0.05, 0.1) is 11.5 Å². The van der Waals surface area contributed by atoms with Gasteiger partial charge in [-0.05, 0) is 18.3 Å². The summed E-state index contributed by atoms with van der Waals surface area (Å²) < 4.78 is 21.9. The number of rotatable bonds is 1. The molecule has 0 saturated carbocycles. The third-order valence-corrected chi connectivity index (χ3v) is 3.72. The van der Waals surface area contributed by atoms with Crippen LogP contribution in [-0.4, -0.2) is 26.2 Å². The van der Waals surface area contributed by atoms with Crippen LogP contribution in [0.4, 0.5) is 0 Å². The Labute approximate surface area is 72.1 Å². The standard InChI is InChI=1S/C8H10O3S/c9-5-2-1-3-8-4-6-12(10,11)7-8/h5,8H,3-4,6-7H2. The molecule has 1 fully saturated rings. The van der Waals surface area contributed by atoms with E-state index in [0.717, 1.165) is 0 Å². The molecule has 12 heavy (non-hydrogen) atoms. The zero-order valence-corrected chi connectivity index (χ0v) is 7.43. The van der Waals surface area contributed by atoms with E-state index in [1.807, 2.05) is 0 Å². The fourth-order valence-corrected chi connectivity index (χ4v) is 3.14. The minimum absolute atomic E-state index is 0.141. The van der Waals surface area contributed by atoms with Gasteiger partial charge in [-0.25, -0.2) is 8.42 Å². The number of sulfone groups is 1. The van der Waals surface area contributed by atoms with Crippen molar-refractivity contribution in [3.63, 3.8) is 0 Å². The van der Waals surface area contributed by atoms with Crippen LogP contribution >= 0.6 is 0 Å². The number of hydrogen-bond acceptors (Lipinski definition) is 3. The van der Waals surface area contributed by atoms with Crippen LogP contribution in [0.25, 0.3) is 0 Å². The van der Waals surface area contributed by atoms with Crippen LogP contribution in [0.2, 0.25) is 0 Å². The highest BCUT2D eigenvalue weighted by atomic mass is 32.2. The Morgan fingerprint density at radius 2 is 2.25 bits per heavy atom. The predicted octanol–water partition coefficient (Wildman–Crippen LogP) is 0.0135. The largest absolute Gasteiger partial charge is 0.289 e. The highest BCUT2D eigenvalue weighted by Crippen LogP contribution is 2.20. The highest BCUT2D eigenvalue weighted by molar-refractivity contribution is 7.91. The van der Waals surface area contributed by atoms with E-state index < -0.39 is 9.84 Å². The summed E-state index contributed by atoms with van der Waals surface area (Å²) in [4.78, 5) is 9.81. The van der Waals surface area contributed by atoms with Crippen molar-refractivity contribution in [3.05, 3.63) is 0 Å². The molecule has 1 aliphatic rings. The summed E-state index contributed by atoms with van der Waals surface area (Å²) in [6.45, 7) is 0. The van der Waals surface area contributed by atoms with Gasteiger partial charge in [0.25, 0.3) is 0 Å². The maximum atomic E-state index is 11.0. The average molecular weight is 186 g/mol. The van der Waals surface area contributed by atoms with Gasteiger partial charge in [-0.1, -0.05) is 5.92 Å². The summed E-state index contributed by atoms with van der Waals surface area (Å²) in [5.41, 5.74) is 0. The Morgan fingerprint density at radius 3 is 2.75 bits per heavy atom. The average Bonchev–Trinajstić information content (AvgIpc) is 2.31. The van der Waals surface area contributed by atoms with E-state index in [9.17, 15) is 13.2 Å². The quantitative estimate of drug-likeness (QED) is 0.428. The first-order chi connectivity index (χ1) is 5.64. The normalized spacial score (nSPS) is 25.8. The summed E-state index contributed by atoms with van der Waals surface area (Å²) in [5, 5.41) is 0. The molecule has 0 aromatic carbocycles. The van der Waals surface area contributed by atoms with Crippen molar-refractivity contribution in [2.75, 3.05) is 11.5 Å². The Bertz CT molecular complexity index is 318. The van der Waals surface area contributed by atoms with Gasteiger partial charge in [-0.15, -0.1) is 0 Å². The predicted molar refractivity (Wildman–Crippen MR) is 45.2 cm³/mol. The van der Waals surface area contributed by atoms with E-state index in [2.05, 4.69) is 11.8 Å². The summed E-state index contributed by atoms with van der Waals surface area (Å²) in [7, 11) is -2.79. The minimum Gasteiger partial charge on any atom is -0.289 e. The molecule has 0 aromatic heterocycles. The number of aldehydes is 1. The first-order valence-corrected chi connectivity index (χ1v) is 5.58. The van der Waals surface area contributed by atoms with Crippen molar-refractivity contribution in [1.29, 1.82) is 0 Å². The fraction of sp³-hybridized carbons (Fsp3) is 0.625. The number of hydrogen-bond donors (Lipinski definition) is 0. The van der Waals surface area contributed by atoms with E-state index in [1.165, 1.54) is 0 Å². The second kappa shape index (κ2) is 3.72. The molecule has 66 valence electrons. The molecule has 1 saturated heterocycles. The molecule has 1 aliphatic heterocycles. The molecular formula is C8H10O3S. The van der Waals surface area contributed by atoms with Crippen LogP contribution in [0.1, 0.15) is 12.8 Å². The molecule has 0 N–H and O–H groups in total. The molecular weight excluding hydrogens is 176 g/mol. The van der Waals surface area contributed by atoms with E-state index >= 15 is 0 Å². The second-order valence-electron chi connectivity index (χ2n) is 2.91. The number of carbonyl (C=O) groups excluding carboxylic acids is 1. The smallest absolute Gasteiger partial charge is 0.192 e. The van der Waals surface area contributed by atoms with Gasteiger partial charge in [-0.2, -0.15) is 0 Å². The molecule has 0 radical (unpaired) electrons. The molecule has 1 unspecified atom stereocenters. The molecule has 1 atom stereocenters. The first kappa shape index (κ1) is 9.27. The van der Waals surface area contributed by atoms with Crippen molar-refractivity contribution < 1.29 is 13.2 Å². The van der Waals surface area contributed by atoms with Crippen LogP contribution < -0.4 is 0 Å². The highest BCUT2D eigenvalue weighted by Gasteiger charge is 2.26. The summed E-state index contributed by atoms with van der Waals surface area (Å²) in [6.07, 6.45) is 1.75. The van der Waals surface area contributed by atoms with Crippen LogP contribution in [0, 0.1) is 17.8 Å². The van der Waals surface area contributed by atoms with E-state index in [0.29, 0.717) is 19.1 Å². The van der Waals surface area contributed by atoms with Crippen molar-refractivity contribution >= 4 is 16.1 Å². The Morgan fingerprint density at radius 1 is 1.50 bits per heavy atom. The Hall–Kier alpha value is -0.820. The van der Waals surface area contributed by atoms with Crippen LogP contribution in [0.15, 0.2) is 0 Å².